The highest BCUT2D eigenvalue weighted by Gasteiger charge is 2.53. The van der Waals surface area contributed by atoms with Crippen LogP contribution < -0.4 is 5.32 Å². The number of likely N-dealkylation sites (tertiary alicyclic amines) is 1. The van der Waals surface area contributed by atoms with Crippen molar-refractivity contribution >= 4 is 5.91 Å². The normalized spacial score (nSPS) is 24.4. The van der Waals surface area contributed by atoms with Gasteiger partial charge in [-0.1, -0.05) is 30.3 Å². The van der Waals surface area contributed by atoms with Gasteiger partial charge in [0.05, 0.1) is 6.26 Å². The zero-order valence-electron chi connectivity index (χ0n) is 13.9. The van der Waals surface area contributed by atoms with Gasteiger partial charge in [-0.25, -0.2) is 0 Å². The highest BCUT2D eigenvalue weighted by atomic mass is 16.3. The third-order valence-electron chi connectivity index (χ3n) is 5.50. The SMILES string of the molecule is CN1[C@H](c2ccco2)NC(=O)C12CCN(Cc1ccccc1)CC2. The summed E-state index contributed by atoms with van der Waals surface area (Å²) in [6, 6.07) is 14.3. The Hall–Kier alpha value is -2.11. The second-order valence-corrected chi connectivity index (χ2v) is 6.80. The highest BCUT2D eigenvalue weighted by Crippen LogP contribution is 2.39. The van der Waals surface area contributed by atoms with Gasteiger partial charge in [-0.05, 0) is 37.6 Å². The Kier molecular flexibility index (Phi) is 3.90. The van der Waals surface area contributed by atoms with E-state index in [1.54, 1.807) is 6.26 Å². The largest absolute Gasteiger partial charge is 0.466 e. The molecule has 2 fully saturated rings. The smallest absolute Gasteiger partial charge is 0.242 e. The number of hydrogen-bond donors (Lipinski definition) is 1. The van der Waals surface area contributed by atoms with E-state index in [0.29, 0.717) is 0 Å². The predicted molar refractivity (Wildman–Crippen MR) is 91.0 cm³/mol. The maximum absolute atomic E-state index is 12.7. The van der Waals surface area contributed by atoms with Gasteiger partial charge >= 0.3 is 0 Å². The lowest BCUT2D eigenvalue weighted by atomic mass is 9.86. The molecule has 0 unspecified atom stereocenters. The van der Waals surface area contributed by atoms with Crippen molar-refractivity contribution in [2.24, 2.45) is 0 Å². The van der Waals surface area contributed by atoms with Crippen molar-refractivity contribution in [3.05, 3.63) is 60.1 Å². The zero-order chi connectivity index (χ0) is 16.6. The van der Waals surface area contributed by atoms with Crippen LogP contribution in [0.3, 0.4) is 0 Å². The fourth-order valence-electron chi connectivity index (χ4n) is 3.97. The number of nitrogens with one attached hydrogen (secondary N) is 1. The van der Waals surface area contributed by atoms with Crippen LogP contribution in [-0.4, -0.2) is 41.4 Å². The summed E-state index contributed by atoms with van der Waals surface area (Å²) in [4.78, 5) is 17.3. The topological polar surface area (TPSA) is 48.7 Å². The van der Waals surface area contributed by atoms with E-state index in [-0.39, 0.29) is 12.1 Å². The molecular weight excluding hydrogens is 302 g/mol. The molecule has 5 nitrogen and oxygen atoms in total. The van der Waals surface area contributed by atoms with Crippen molar-refractivity contribution in [2.75, 3.05) is 20.1 Å². The van der Waals surface area contributed by atoms with Crippen LogP contribution in [0.1, 0.15) is 30.3 Å². The number of likely N-dealkylation sites (N-methyl/N-ethyl adjacent to an activating group) is 1. The molecule has 1 aromatic heterocycles. The fourth-order valence-corrected chi connectivity index (χ4v) is 3.97. The van der Waals surface area contributed by atoms with Gasteiger partial charge in [-0.15, -0.1) is 0 Å². The minimum atomic E-state index is -0.412. The first kappa shape index (κ1) is 15.4. The van der Waals surface area contributed by atoms with Crippen molar-refractivity contribution in [1.82, 2.24) is 15.1 Å². The molecule has 1 spiro atoms. The molecule has 1 N–H and O–H groups in total. The van der Waals surface area contributed by atoms with E-state index in [0.717, 1.165) is 38.2 Å². The van der Waals surface area contributed by atoms with Crippen molar-refractivity contribution in [2.45, 2.75) is 31.1 Å². The van der Waals surface area contributed by atoms with Crippen LogP contribution in [0.15, 0.2) is 53.1 Å². The lowest BCUT2D eigenvalue weighted by molar-refractivity contribution is -0.128. The van der Waals surface area contributed by atoms with Crippen molar-refractivity contribution in [3.8, 4) is 0 Å². The minimum absolute atomic E-state index is 0.130. The van der Waals surface area contributed by atoms with Crippen LogP contribution in [0.25, 0.3) is 0 Å². The Balaban J connectivity index is 1.45. The lowest BCUT2D eigenvalue weighted by Gasteiger charge is -2.42. The molecule has 24 heavy (non-hydrogen) atoms. The number of hydrogen-bond acceptors (Lipinski definition) is 4. The highest BCUT2D eigenvalue weighted by molar-refractivity contribution is 5.89. The molecule has 0 aliphatic carbocycles. The quantitative estimate of drug-likeness (QED) is 0.941. The van der Waals surface area contributed by atoms with Gasteiger partial charge in [-0.2, -0.15) is 0 Å². The lowest BCUT2D eigenvalue weighted by Crippen LogP contribution is -2.54. The second-order valence-electron chi connectivity index (χ2n) is 6.80. The average Bonchev–Trinajstić information content (AvgIpc) is 3.21. The number of carbonyl (C=O) groups is 1. The van der Waals surface area contributed by atoms with Gasteiger partial charge in [0.25, 0.3) is 0 Å². The molecule has 2 saturated heterocycles. The summed E-state index contributed by atoms with van der Waals surface area (Å²) in [6.07, 6.45) is 3.19. The summed E-state index contributed by atoms with van der Waals surface area (Å²) in [5.74, 6) is 0.931. The van der Waals surface area contributed by atoms with Crippen LogP contribution >= 0.6 is 0 Å². The number of carbonyl (C=O) groups excluding carboxylic acids is 1. The summed E-state index contributed by atoms with van der Waals surface area (Å²) in [5.41, 5.74) is 0.913. The monoisotopic (exact) mass is 325 g/mol. The Morgan fingerprint density at radius 2 is 1.92 bits per heavy atom. The molecule has 0 bridgehead atoms. The zero-order valence-corrected chi connectivity index (χ0v) is 13.9. The number of nitrogens with zero attached hydrogens (tertiary/aromatic N) is 2. The Morgan fingerprint density at radius 3 is 2.58 bits per heavy atom. The first-order chi connectivity index (χ1) is 11.7. The third-order valence-corrected chi connectivity index (χ3v) is 5.50. The second kappa shape index (κ2) is 6.07. The van der Waals surface area contributed by atoms with Gasteiger partial charge in [0, 0.05) is 19.6 Å². The fraction of sp³-hybridized carbons (Fsp3) is 0.421. The molecule has 4 rings (SSSR count). The van der Waals surface area contributed by atoms with Crippen LogP contribution in [0, 0.1) is 0 Å². The molecule has 2 aliphatic heterocycles. The predicted octanol–water partition coefficient (Wildman–Crippen LogP) is 2.37. The molecule has 1 aromatic carbocycles. The molecule has 0 radical (unpaired) electrons. The molecule has 1 atom stereocenters. The number of benzene rings is 1. The Morgan fingerprint density at radius 1 is 1.17 bits per heavy atom. The Bertz CT molecular complexity index is 691. The molecule has 126 valence electrons. The number of piperidine rings is 1. The summed E-state index contributed by atoms with van der Waals surface area (Å²) >= 11 is 0. The molecule has 2 aromatic rings. The van der Waals surface area contributed by atoms with Gasteiger partial charge < -0.3 is 9.73 Å². The van der Waals surface area contributed by atoms with E-state index in [1.165, 1.54) is 5.56 Å². The van der Waals surface area contributed by atoms with Crippen molar-refractivity contribution in [1.29, 1.82) is 0 Å². The van der Waals surface area contributed by atoms with Gasteiger partial charge in [0.2, 0.25) is 5.91 Å². The minimum Gasteiger partial charge on any atom is -0.466 e. The molecular formula is C19H23N3O2. The molecule has 0 saturated carbocycles. The maximum Gasteiger partial charge on any atom is 0.242 e. The maximum atomic E-state index is 12.7. The van der Waals surface area contributed by atoms with Gasteiger partial charge in [0.15, 0.2) is 0 Å². The van der Waals surface area contributed by atoms with E-state index >= 15 is 0 Å². The number of amides is 1. The van der Waals surface area contributed by atoms with Gasteiger partial charge in [-0.3, -0.25) is 14.6 Å². The Labute approximate surface area is 142 Å². The first-order valence-corrected chi connectivity index (χ1v) is 8.53. The summed E-state index contributed by atoms with van der Waals surface area (Å²) < 4.78 is 5.50. The van der Waals surface area contributed by atoms with E-state index in [9.17, 15) is 4.79 Å². The van der Waals surface area contributed by atoms with Gasteiger partial charge in [0.1, 0.15) is 17.5 Å². The molecule has 5 heteroatoms. The van der Waals surface area contributed by atoms with Crippen molar-refractivity contribution in [3.63, 3.8) is 0 Å². The molecule has 3 heterocycles. The summed E-state index contributed by atoms with van der Waals surface area (Å²) in [5, 5.41) is 3.11. The summed E-state index contributed by atoms with van der Waals surface area (Å²) in [7, 11) is 2.03. The van der Waals surface area contributed by atoms with E-state index in [4.69, 9.17) is 4.42 Å². The van der Waals surface area contributed by atoms with Crippen LogP contribution in [0.2, 0.25) is 0 Å². The van der Waals surface area contributed by atoms with E-state index in [1.807, 2.05) is 25.2 Å². The first-order valence-electron chi connectivity index (χ1n) is 8.53. The van der Waals surface area contributed by atoms with Crippen LogP contribution in [-0.2, 0) is 11.3 Å². The standard InChI is InChI=1S/C19H23N3O2/c1-21-17(16-8-5-13-24-16)20-18(23)19(21)9-11-22(12-10-19)14-15-6-3-2-4-7-15/h2-8,13,17H,9-12,14H2,1H3,(H,20,23)/t17-/m1/s1. The van der Waals surface area contributed by atoms with E-state index < -0.39 is 5.54 Å². The average molecular weight is 325 g/mol. The molecule has 1 amide bonds. The van der Waals surface area contributed by atoms with Crippen molar-refractivity contribution < 1.29 is 9.21 Å². The van der Waals surface area contributed by atoms with E-state index in [2.05, 4.69) is 39.4 Å². The van der Waals surface area contributed by atoms with Crippen LogP contribution in [0.4, 0.5) is 0 Å². The summed E-state index contributed by atoms with van der Waals surface area (Å²) in [6.45, 7) is 2.80. The third kappa shape index (κ3) is 2.54. The van der Waals surface area contributed by atoms with Crippen LogP contribution in [0.5, 0.6) is 0 Å². The molecule has 2 aliphatic rings. The number of rotatable bonds is 3. The number of furan rings is 1.